The molecule has 0 aromatic heterocycles. The lowest BCUT2D eigenvalue weighted by atomic mass is 9.82. The average molecular weight is 257 g/mol. The molecule has 1 aromatic carbocycles. The Kier molecular flexibility index (Phi) is 3.93. The number of hydrogen-bond donors (Lipinski definition) is 0. The van der Waals surface area contributed by atoms with Crippen LogP contribution in [0.25, 0.3) is 0 Å². The van der Waals surface area contributed by atoms with Crippen molar-refractivity contribution in [3.63, 3.8) is 0 Å². The molecule has 1 saturated carbocycles. The zero-order valence-electron chi connectivity index (χ0n) is 10.1. The molecule has 1 aliphatic carbocycles. The van der Waals surface area contributed by atoms with Crippen LogP contribution in [0.5, 0.6) is 5.75 Å². The highest BCUT2D eigenvalue weighted by molar-refractivity contribution is 6.18. The van der Waals surface area contributed by atoms with Gasteiger partial charge in [0.15, 0.2) is 11.6 Å². The second kappa shape index (κ2) is 5.26. The van der Waals surface area contributed by atoms with Crippen molar-refractivity contribution in [1.82, 2.24) is 0 Å². The minimum Gasteiger partial charge on any atom is -0.494 e. The first-order valence-electron chi connectivity index (χ1n) is 6.07. The third-order valence-electron chi connectivity index (χ3n) is 3.74. The second-order valence-corrected chi connectivity index (χ2v) is 5.25. The number of benzene rings is 1. The van der Waals surface area contributed by atoms with Crippen LogP contribution in [0.4, 0.5) is 4.39 Å². The molecule has 0 saturated heterocycles. The first-order chi connectivity index (χ1) is 8.19. The van der Waals surface area contributed by atoms with Crippen molar-refractivity contribution >= 4 is 11.6 Å². The molecule has 0 radical (unpaired) electrons. The molecule has 0 N–H and O–H groups in total. The zero-order chi connectivity index (χ0) is 12.3. The minimum absolute atomic E-state index is 0.183. The third-order valence-corrected chi connectivity index (χ3v) is 4.31. The van der Waals surface area contributed by atoms with Crippen molar-refractivity contribution in [3.8, 4) is 5.75 Å². The largest absolute Gasteiger partial charge is 0.494 e. The van der Waals surface area contributed by atoms with E-state index < -0.39 is 0 Å². The Morgan fingerprint density at radius 1 is 1.35 bits per heavy atom. The molecule has 0 unspecified atom stereocenters. The Morgan fingerprint density at radius 3 is 2.59 bits per heavy atom. The summed E-state index contributed by atoms with van der Waals surface area (Å²) >= 11 is 6.09. The van der Waals surface area contributed by atoms with E-state index in [1.54, 1.807) is 12.1 Å². The van der Waals surface area contributed by atoms with Crippen LogP contribution in [0, 0.1) is 11.2 Å². The summed E-state index contributed by atoms with van der Waals surface area (Å²) in [7, 11) is 1.48. The molecule has 1 nitrogen and oxygen atoms in total. The van der Waals surface area contributed by atoms with E-state index >= 15 is 0 Å². The lowest BCUT2D eigenvalue weighted by Gasteiger charge is -2.26. The van der Waals surface area contributed by atoms with Crippen LogP contribution in [-0.4, -0.2) is 13.0 Å². The Hall–Kier alpha value is -0.760. The molecular weight excluding hydrogens is 239 g/mol. The molecule has 0 amide bonds. The van der Waals surface area contributed by atoms with E-state index in [9.17, 15) is 4.39 Å². The molecule has 0 aliphatic heterocycles. The van der Waals surface area contributed by atoms with Gasteiger partial charge < -0.3 is 4.74 Å². The van der Waals surface area contributed by atoms with Gasteiger partial charge in [0.2, 0.25) is 0 Å². The standard InChI is InChI=1S/C14H18ClFO/c1-17-13-5-4-11(8-12(13)16)9-14(10-15)6-2-3-7-14/h4-5,8H,2-3,6-7,9-10H2,1H3. The van der Waals surface area contributed by atoms with Crippen molar-refractivity contribution in [1.29, 1.82) is 0 Å². The Morgan fingerprint density at radius 2 is 2.06 bits per heavy atom. The fourth-order valence-corrected chi connectivity index (χ4v) is 3.10. The van der Waals surface area contributed by atoms with E-state index in [1.807, 2.05) is 6.07 Å². The minimum atomic E-state index is -0.285. The molecule has 1 aliphatic rings. The predicted octanol–water partition coefficient (Wildman–Crippen LogP) is 4.18. The summed E-state index contributed by atoms with van der Waals surface area (Å²) in [5.74, 6) is 0.688. The molecule has 2 rings (SSSR count). The van der Waals surface area contributed by atoms with Crippen molar-refractivity contribution in [2.24, 2.45) is 5.41 Å². The van der Waals surface area contributed by atoms with E-state index in [-0.39, 0.29) is 11.2 Å². The van der Waals surface area contributed by atoms with Gasteiger partial charge in [-0.25, -0.2) is 4.39 Å². The van der Waals surface area contributed by atoms with Crippen LogP contribution >= 0.6 is 11.6 Å². The van der Waals surface area contributed by atoms with Gasteiger partial charge in [-0.1, -0.05) is 18.9 Å². The summed E-state index contributed by atoms with van der Waals surface area (Å²) in [5, 5.41) is 0. The van der Waals surface area contributed by atoms with E-state index in [0.717, 1.165) is 24.8 Å². The van der Waals surface area contributed by atoms with Crippen LogP contribution in [0.3, 0.4) is 0 Å². The smallest absolute Gasteiger partial charge is 0.165 e. The fraction of sp³-hybridized carbons (Fsp3) is 0.571. The quantitative estimate of drug-likeness (QED) is 0.735. The number of alkyl halides is 1. The third kappa shape index (κ3) is 2.74. The first kappa shape index (κ1) is 12.7. The maximum Gasteiger partial charge on any atom is 0.165 e. The van der Waals surface area contributed by atoms with Crippen LogP contribution in [-0.2, 0) is 6.42 Å². The van der Waals surface area contributed by atoms with Gasteiger partial charge in [0.1, 0.15) is 0 Å². The summed E-state index contributed by atoms with van der Waals surface area (Å²) < 4.78 is 18.5. The monoisotopic (exact) mass is 256 g/mol. The van der Waals surface area contributed by atoms with Crippen molar-refractivity contribution < 1.29 is 9.13 Å². The van der Waals surface area contributed by atoms with Crippen molar-refractivity contribution in [2.45, 2.75) is 32.1 Å². The highest BCUT2D eigenvalue weighted by Crippen LogP contribution is 2.42. The highest BCUT2D eigenvalue weighted by Gasteiger charge is 2.33. The first-order valence-corrected chi connectivity index (χ1v) is 6.61. The van der Waals surface area contributed by atoms with Crippen LogP contribution < -0.4 is 4.74 Å². The van der Waals surface area contributed by atoms with Crippen LogP contribution in [0.15, 0.2) is 18.2 Å². The molecule has 1 aromatic rings. The molecule has 0 bridgehead atoms. The number of ether oxygens (including phenoxy) is 1. The molecule has 3 heteroatoms. The summed E-state index contributed by atoms with van der Waals surface area (Å²) in [5.41, 5.74) is 1.20. The Bertz CT molecular complexity index is 386. The molecule has 0 atom stereocenters. The van der Waals surface area contributed by atoms with Gasteiger partial charge in [-0.15, -0.1) is 11.6 Å². The van der Waals surface area contributed by atoms with Crippen LogP contribution in [0.1, 0.15) is 31.2 Å². The van der Waals surface area contributed by atoms with Gasteiger partial charge >= 0.3 is 0 Å². The van der Waals surface area contributed by atoms with Gasteiger partial charge in [-0.3, -0.25) is 0 Å². The van der Waals surface area contributed by atoms with Crippen LogP contribution in [0.2, 0.25) is 0 Å². The molecule has 0 spiro atoms. The Labute approximate surface area is 107 Å². The van der Waals surface area contributed by atoms with E-state index in [2.05, 4.69) is 0 Å². The van der Waals surface area contributed by atoms with Gasteiger partial charge in [-0.2, -0.15) is 0 Å². The highest BCUT2D eigenvalue weighted by atomic mass is 35.5. The maximum atomic E-state index is 13.6. The molecule has 17 heavy (non-hydrogen) atoms. The summed E-state index contributed by atoms with van der Waals surface area (Å²) in [6, 6.07) is 5.21. The van der Waals surface area contributed by atoms with Crippen molar-refractivity contribution in [2.75, 3.05) is 13.0 Å². The van der Waals surface area contributed by atoms with Gasteiger partial charge in [0.05, 0.1) is 7.11 Å². The summed E-state index contributed by atoms with van der Waals surface area (Å²) in [4.78, 5) is 0. The molecular formula is C14H18ClFO. The zero-order valence-corrected chi connectivity index (χ0v) is 10.9. The summed E-state index contributed by atoms with van der Waals surface area (Å²) in [6.07, 6.45) is 5.67. The number of hydrogen-bond acceptors (Lipinski definition) is 1. The maximum absolute atomic E-state index is 13.6. The van der Waals surface area contributed by atoms with Gasteiger partial charge in [0, 0.05) is 5.88 Å². The molecule has 1 fully saturated rings. The number of rotatable bonds is 4. The van der Waals surface area contributed by atoms with Crippen molar-refractivity contribution in [3.05, 3.63) is 29.6 Å². The Balaban J connectivity index is 2.15. The lowest BCUT2D eigenvalue weighted by molar-refractivity contribution is 0.339. The molecule has 0 heterocycles. The van der Waals surface area contributed by atoms with E-state index in [1.165, 1.54) is 20.0 Å². The SMILES string of the molecule is COc1ccc(CC2(CCl)CCCC2)cc1F. The summed E-state index contributed by atoms with van der Waals surface area (Å²) in [6.45, 7) is 0. The second-order valence-electron chi connectivity index (χ2n) is 4.99. The predicted molar refractivity (Wildman–Crippen MR) is 68.3 cm³/mol. The normalized spacial score (nSPS) is 18.3. The van der Waals surface area contributed by atoms with E-state index in [0.29, 0.717) is 11.6 Å². The lowest BCUT2D eigenvalue weighted by Crippen LogP contribution is -2.21. The number of methoxy groups -OCH3 is 1. The topological polar surface area (TPSA) is 9.23 Å². The van der Waals surface area contributed by atoms with Gasteiger partial charge in [0.25, 0.3) is 0 Å². The molecule has 94 valence electrons. The average Bonchev–Trinajstić information content (AvgIpc) is 2.79. The number of halogens is 2. The van der Waals surface area contributed by atoms with E-state index in [4.69, 9.17) is 16.3 Å². The fourth-order valence-electron chi connectivity index (χ4n) is 2.74. The van der Waals surface area contributed by atoms with Gasteiger partial charge in [-0.05, 0) is 42.4 Å².